The Morgan fingerprint density at radius 3 is 1.95 bits per heavy atom. The lowest BCUT2D eigenvalue weighted by Crippen LogP contribution is -2.20. The maximum absolute atomic E-state index is 10.1. The number of hydrogen-bond donors (Lipinski definition) is 0. The average molecular weight is 511 g/mol. The van der Waals surface area contributed by atoms with Gasteiger partial charge in [0.25, 0.3) is 0 Å². The SMILES string of the molecule is CCCCC[C@H]1CC[C@H](COc2ccc(-c3ccc([C@H]4CC[C@H](CCC)CC4)c(C#N)c3C#N)cc2)CC1. The predicted molar refractivity (Wildman–Crippen MR) is 156 cm³/mol. The largest absolute Gasteiger partial charge is 0.493 e. The Labute approximate surface area is 231 Å². The summed E-state index contributed by atoms with van der Waals surface area (Å²) in [5, 5.41) is 20.1. The molecule has 0 aromatic heterocycles. The smallest absolute Gasteiger partial charge is 0.119 e. The molecular formula is C35H46N2O. The summed E-state index contributed by atoms with van der Waals surface area (Å²) in [6.45, 7) is 5.33. The van der Waals surface area contributed by atoms with Gasteiger partial charge >= 0.3 is 0 Å². The van der Waals surface area contributed by atoms with E-state index in [-0.39, 0.29) is 0 Å². The van der Waals surface area contributed by atoms with E-state index in [1.807, 2.05) is 24.3 Å². The van der Waals surface area contributed by atoms with Crippen LogP contribution in [0.25, 0.3) is 11.1 Å². The summed E-state index contributed by atoms with van der Waals surface area (Å²) in [5.74, 6) is 3.68. The molecule has 0 unspecified atom stereocenters. The standard InChI is InChI=1S/C35H46N2O/c1-3-5-6-8-27-9-11-28(12-10-27)25-38-31-19-17-30(18-20-31)33-22-21-32(34(23-36)35(33)24-37)29-15-13-26(7-4-2)14-16-29/h17-22,26-29H,3-16,25H2,1-2H3/t26-,27-,28-,29-. The number of rotatable bonds is 11. The van der Waals surface area contributed by atoms with Crippen LogP contribution in [0.1, 0.15) is 126 Å². The van der Waals surface area contributed by atoms with E-state index in [1.54, 1.807) is 0 Å². The van der Waals surface area contributed by atoms with Gasteiger partial charge in [-0.15, -0.1) is 0 Å². The van der Waals surface area contributed by atoms with E-state index in [9.17, 15) is 10.5 Å². The third-order valence-electron chi connectivity index (χ3n) is 9.28. The van der Waals surface area contributed by atoms with E-state index in [1.165, 1.54) is 77.0 Å². The molecule has 0 saturated heterocycles. The highest BCUT2D eigenvalue weighted by molar-refractivity contribution is 5.75. The lowest BCUT2D eigenvalue weighted by Gasteiger charge is -2.29. The van der Waals surface area contributed by atoms with E-state index >= 15 is 0 Å². The Morgan fingerprint density at radius 1 is 0.684 bits per heavy atom. The molecule has 2 saturated carbocycles. The molecule has 3 heteroatoms. The molecule has 0 radical (unpaired) electrons. The number of ether oxygens (including phenoxy) is 1. The zero-order chi connectivity index (χ0) is 26.7. The van der Waals surface area contributed by atoms with Crippen LogP contribution < -0.4 is 4.74 Å². The monoisotopic (exact) mass is 510 g/mol. The van der Waals surface area contributed by atoms with Crippen LogP contribution in [0.3, 0.4) is 0 Å². The van der Waals surface area contributed by atoms with E-state index < -0.39 is 0 Å². The highest BCUT2D eigenvalue weighted by atomic mass is 16.5. The molecule has 2 aliphatic rings. The van der Waals surface area contributed by atoms with Crippen molar-refractivity contribution >= 4 is 0 Å². The van der Waals surface area contributed by atoms with Gasteiger partial charge in [-0.25, -0.2) is 0 Å². The van der Waals surface area contributed by atoms with Crippen molar-refractivity contribution in [3.05, 3.63) is 53.1 Å². The summed E-state index contributed by atoms with van der Waals surface area (Å²) in [5.41, 5.74) is 3.99. The molecule has 0 atom stereocenters. The fraction of sp³-hybridized carbons (Fsp3) is 0.600. The van der Waals surface area contributed by atoms with Crippen LogP contribution in [0.5, 0.6) is 5.75 Å². The van der Waals surface area contributed by atoms with Crippen molar-refractivity contribution in [1.29, 1.82) is 10.5 Å². The molecule has 38 heavy (non-hydrogen) atoms. The molecule has 0 heterocycles. The fourth-order valence-corrected chi connectivity index (χ4v) is 6.92. The second-order valence-electron chi connectivity index (χ2n) is 11.9. The van der Waals surface area contributed by atoms with Gasteiger partial charge in [-0.05, 0) is 85.5 Å². The van der Waals surface area contributed by atoms with Crippen molar-refractivity contribution in [2.75, 3.05) is 6.61 Å². The Kier molecular flexibility index (Phi) is 10.7. The minimum atomic E-state index is 0.390. The maximum Gasteiger partial charge on any atom is 0.119 e. The van der Waals surface area contributed by atoms with E-state index in [0.29, 0.717) is 23.0 Å². The van der Waals surface area contributed by atoms with Gasteiger partial charge in [-0.3, -0.25) is 0 Å². The van der Waals surface area contributed by atoms with Crippen molar-refractivity contribution in [3.8, 4) is 29.0 Å². The molecule has 2 aromatic carbocycles. The first-order valence-corrected chi connectivity index (χ1v) is 15.4. The van der Waals surface area contributed by atoms with Crippen molar-refractivity contribution < 1.29 is 4.74 Å². The van der Waals surface area contributed by atoms with Gasteiger partial charge in [-0.1, -0.05) is 89.5 Å². The number of nitriles is 2. The quantitative estimate of drug-likeness (QED) is 0.283. The summed E-state index contributed by atoms with van der Waals surface area (Å²) < 4.78 is 6.18. The Hall–Kier alpha value is -2.78. The lowest BCUT2D eigenvalue weighted by atomic mass is 9.75. The van der Waals surface area contributed by atoms with Gasteiger partial charge in [0, 0.05) is 5.56 Å². The summed E-state index contributed by atoms with van der Waals surface area (Å²) in [6, 6.07) is 17.0. The van der Waals surface area contributed by atoms with Crippen molar-refractivity contribution in [2.45, 2.75) is 110 Å². The molecule has 3 nitrogen and oxygen atoms in total. The second-order valence-corrected chi connectivity index (χ2v) is 11.9. The minimum Gasteiger partial charge on any atom is -0.493 e. The summed E-state index contributed by atoms with van der Waals surface area (Å²) in [6.07, 6.45) is 18.0. The summed E-state index contributed by atoms with van der Waals surface area (Å²) >= 11 is 0. The van der Waals surface area contributed by atoms with Gasteiger partial charge in [-0.2, -0.15) is 10.5 Å². The van der Waals surface area contributed by atoms with Crippen molar-refractivity contribution in [3.63, 3.8) is 0 Å². The predicted octanol–water partition coefficient (Wildman–Crippen LogP) is 9.94. The highest BCUT2D eigenvalue weighted by Crippen LogP contribution is 2.41. The lowest BCUT2D eigenvalue weighted by molar-refractivity contribution is 0.177. The number of nitrogens with zero attached hydrogens (tertiary/aromatic N) is 2. The van der Waals surface area contributed by atoms with E-state index in [0.717, 1.165) is 53.7 Å². The van der Waals surface area contributed by atoms with Crippen LogP contribution >= 0.6 is 0 Å². The zero-order valence-electron chi connectivity index (χ0n) is 23.7. The first kappa shape index (κ1) is 28.2. The number of unbranched alkanes of at least 4 members (excludes halogenated alkanes) is 2. The zero-order valence-corrected chi connectivity index (χ0v) is 23.7. The molecule has 4 rings (SSSR count). The van der Waals surface area contributed by atoms with Crippen LogP contribution in [0.15, 0.2) is 36.4 Å². The second kappa shape index (κ2) is 14.4. The third kappa shape index (κ3) is 7.20. The molecule has 2 aromatic rings. The van der Waals surface area contributed by atoms with Crippen LogP contribution in [0.4, 0.5) is 0 Å². The molecular weight excluding hydrogens is 464 g/mol. The number of hydrogen-bond acceptors (Lipinski definition) is 3. The third-order valence-corrected chi connectivity index (χ3v) is 9.28. The van der Waals surface area contributed by atoms with E-state index in [2.05, 4.69) is 38.1 Å². The number of benzene rings is 2. The normalized spacial score (nSPS) is 23.4. The first-order valence-electron chi connectivity index (χ1n) is 15.4. The summed E-state index contributed by atoms with van der Waals surface area (Å²) in [4.78, 5) is 0. The molecule has 0 bridgehead atoms. The van der Waals surface area contributed by atoms with E-state index in [4.69, 9.17) is 4.74 Å². The molecule has 202 valence electrons. The van der Waals surface area contributed by atoms with Gasteiger partial charge in [0.1, 0.15) is 17.9 Å². The Balaban J connectivity index is 1.37. The van der Waals surface area contributed by atoms with Crippen LogP contribution in [-0.4, -0.2) is 6.61 Å². The Morgan fingerprint density at radius 2 is 1.32 bits per heavy atom. The van der Waals surface area contributed by atoms with Gasteiger partial charge in [0.15, 0.2) is 0 Å². The molecule has 0 spiro atoms. The molecule has 2 aliphatic carbocycles. The molecule has 0 N–H and O–H groups in total. The van der Waals surface area contributed by atoms with Crippen LogP contribution in [0, 0.1) is 40.4 Å². The van der Waals surface area contributed by atoms with Crippen LogP contribution in [-0.2, 0) is 0 Å². The average Bonchev–Trinajstić information content (AvgIpc) is 2.97. The van der Waals surface area contributed by atoms with Crippen LogP contribution in [0.2, 0.25) is 0 Å². The van der Waals surface area contributed by atoms with Crippen molar-refractivity contribution in [1.82, 2.24) is 0 Å². The first-order chi connectivity index (χ1) is 18.7. The molecule has 0 amide bonds. The highest BCUT2D eigenvalue weighted by Gasteiger charge is 2.26. The molecule has 2 fully saturated rings. The minimum absolute atomic E-state index is 0.390. The molecule has 0 aliphatic heterocycles. The Bertz CT molecular complexity index is 1090. The fourth-order valence-electron chi connectivity index (χ4n) is 6.92. The van der Waals surface area contributed by atoms with Gasteiger partial charge in [0.2, 0.25) is 0 Å². The van der Waals surface area contributed by atoms with Crippen molar-refractivity contribution in [2.24, 2.45) is 17.8 Å². The van der Waals surface area contributed by atoms with Gasteiger partial charge in [0.05, 0.1) is 17.7 Å². The topological polar surface area (TPSA) is 56.8 Å². The summed E-state index contributed by atoms with van der Waals surface area (Å²) in [7, 11) is 0. The maximum atomic E-state index is 10.1. The van der Waals surface area contributed by atoms with Gasteiger partial charge < -0.3 is 4.74 Å².